The maximum absolute atomic E-state index is 13.7. The van der Waals surface area contributed by atoms with E-state index in [0.29, 0.717) is 30.8 Å². The van der Waals surface area contributed by atoms with Crippen LogP contribution in [0.3, 0.4) is 0 Å². The number of amides is 1. The molecule has 0 radical (unpaired) electrons. The van der Waals surface area contributed by atoms with Gasteiger partial charge in [-0.1, -0.05) is 18.2 Å². The lowest BCUT2D eigenvalue weighted by molar-refractivity contribution is -0.159. The molecule has 3 rings (SSSR count). The molecule has 0 aliphatic carbocycles. The molecule has 1 aliphatic rings. The van der Waals surface area contributed by atoms with Crippen molar-refractivity contribution in [3.63, 3.8) is 0 Å². The van der Waals surface area contributed by atoms with E-state index in [9.17, 15) is 9.18 Å². The van der Waals surface area contributed by atoms with Gasteiger partial charge in [0, 0.05) is 43.9 Å². The summed E-state index contributed by atoms with van der Waals surface area (Å²) in [5, 5.41) is 14.8. The number of hydrogen-bond donors (Lipinski definition) is 2. The summed E-state index contributed by atoms with van der Waals surface area (Å²) in [7, 11) is 1.60. The van der Waals surface area contributed by atoms with Crippen molar-refractivity contribution in [1.29, 1.82) is 0 Å². The number of rotatable bonds is 4. The smallest absolute Gasteiger partial charge is 0.414 e. The minimum Gasteiger partial charge on any atom is -0.497 e. The number of carboxylic acids is 2. The van der Waals surface area contributed by atoms with E-state index in [-0.39, 0.29) is 11.7 Å². The Bertz CT molecular complexity index is 867. The van der Waals surface area contributed by atoms with Crippen LogP contribution in [-0.4, -0.2) is 71.1 Å². The molecular weight excluding hydrogens is 395 g/mol. The Morgan fingerprint density at radius 1 is 0.933 bits per heavy atom. The largest absolute Gasteiger partial charge is 0.497 e. The van der Waals surface area contributed by atoms with Crippen molar-refractivity contribution in [2.24, 2.45) is 0 Å². The quantitative estimate of drug-likeness (QED) is 0.731. The molecule has 1 fully saturated rings. The van der Waals surface area contributed by atoms with Crippen molar-refractivity contribution in [2.45, 2.75) is 6.54 Å². The summed E-state index contributed by atoms with van der Waals surface area (Å²) in [5.74, 6) is -3.05. The Kier molecular flexibility index (Phi) is 8.30. The molecule has 0 unspecified atom stereocenters. The van der Waals surface area contributed by atoms with Gasteiger partial charge in [0.2, 0.25) is 0 Å². The van der Waals surface area contributed by atoms with Gasteiger partial charge >= 0.3 is 11.9 Å². The first-order chi connectivity index (χ1) is 14.3. The van der Waals surface area contributed by atoms with E-state index in [1.54, 1.807) is 37.4 Å². The zero-order valence-corrected chi connectivity index (χ0v) is 16.5. The summed E-state index contributed by atoms with van der Waals surface area (Å²) >= 11 is 0. The Hall–Kier alpha value is -3.46. The summed E-state index contributed by atoms with van der Waals surface area (Å²) in [4.78, 5) is 34.7. The van der Waals surface area contributed by atoms with Crippen LogP contribution >= 0.6 is 0 Å². The predicted molar refractivity (Wildman–Crippen MR) is 106 cm³/mol. The van der Waals surface area contributed by atoms with Gasteiger partial charge in [0.15, 0.2) is 0 Å². The summed E-state index contributed by atoms with van der Waals surface area (Å²) in [5.41, 5.74) is 1.37. The van der Waals surface area contributed by atoms with Gasteiger partial charge < -0.3 is 19.8 Å². The molecule has 9 heteroatoms. The van der Waals surface area contributed by atoms with E-state index in [0.717, 1.165) is 18.8 Å². The molecule has 2 N–H and O–H groups in total. The van der Waals surface area contributed by atoms with Gasteiger partial charge in [-0.3, -0.25) is 9.69 Å². The van der Waals surface area contributed by atoms with E-state index < -0.39 is 11.9 Å². The molecule has 2 aromatic carbocycles. The van der Waals surface area contributed by atoms with E-state index in [2.05, 4.69) is 4.90 Å². The highest BCUT2D eigenvalue weighted by Crippen LogP contribution is 2.16. The topological polar surface area (TPSA) is 107 Å². The number of nitrogens with zero attached hydrogens (tertiary/aromatic N) is 2. The number of halogens is 1. The highest BCUT2D eigenvalue weighted by atomic mass is 19.1. The van der Waals surface area contributed by atoms with E-state index in [4.69, 9.17) is 24.5 Å². The van der Waals surface area contributed by atoms with Crippen molar-refractivity contribution in [3.8, 4) is 5.75 Å². The first kappa shape index (κ1) is 22.8. The zero-order valence-electron chi connectivity index (χ0n) is 16.5. The summed E-state index contributed by atoms with van der Waals surface area (Å²) in [6, 6.07) is 14.0. The molecule has 160 valence electrons. The zero-order chi connectivity index (χ0) is 22.1. The predicted octanol–water partition coefficient (Wildman–Crippen LogP) is 1.95. The second-order valence-corrected chi connectivity index (χ2v) is 6.50. The second kappa shape index (κ2) is 10.9. The van der Waals surface area contributed by atoms with Crippen molar-refractivity contribution >= 4 is 17.8 Å². The fourth-order valence-electron chi connectivity index (χ4n) is 2.89. The first-order valence-corrected chi connectivity index (χ1v) is 9.17. The maximum Gasteiger partial charge on any atom is 0.414 e. The fourth-order valence-corrected chi connectivity index (χ4v) is 2.89. The third-order valence-corrected chi connectivity index (χ3v) is 4.53. The van der Waals surface area contributed by atoms with Crippen LogP contribution in [0.2, 0.25) is 0 Å². The normalized spacial score (nSPS) is 13.7. The van der Waals surface area contributed by atoms with Crippen LogP contribution < -0.4 is 4.74 Å². The molecule has 0 spiro atoms. The number of piperazine rings is 1. The number of hydrogen-bond acceptors (Lipinski definition) is 5. The van der Waals surface area contributed by atoms with Gasteiger partial charge in [-0.25, -0.2) is 14.0 Å². The summed E-state index contributed by atoms with van der Waals surface area (Å²) in [6.07, 6.45) is 0. The number of carbonyl (C=O) groups excluding carboxylic acids is 1. The van der Waals surface area contributed by atoms with Crippen LogP contribution in [0.4, 0.5) is 4.39 Å². The Morgan fingerprint density at radius 2 is 1.50 bits per heavy atom. The molecule has 1 aliphatic heterocycles. The summed E-state index contributed by atoms with van der Waals surface area (Å²) < 4.78 is 18.8. The van der Waals surface area contributed by atoms with Crippen molar-refractivity contribution < 1.29 is 33.7 Å². The van der Waals surface area contributed by atoms with E-state index in [1.807, 2.05) is 17.0 Å². The Labute approximate surface area is 173 Å². The number of ether oxygens (including phenoxy) is 1. The van der Waals surface area contributed by atoms with Gasteiger partial charge in [0.05, 0.1) is 7.11 Å². The van der Waals surface area contributed by atoms with Gasteiger partial charge in [0.1, 0.15) is 11.6 Å². The van der Waals surface area contributed by atoms with Crippen LogP contribution in [0.1, 0.15) is 15.9 Å². The number of carboxylic acid groups (broad SMARTS) is 2. The summed E-state index contributed by atoms with van der Waals surface area (Å²) in [6.45, 7) is 3.38. The third-order valence-electron chi connectivity index (χ3n) is 4.53. The number of aliphatic carboxylic acids is 2. The van der Waals surface area contributed by atoms with Crippen LogP contribution in [-0.2, 0) is 16.1 Å². The molecule has 1 heterocycles. The Balaban J connectivity index is 0.000000469. The molecule has 1 saturated heterocycles. The number of methoxy groups -OCH3 is 1. The van der Waals surface area contributed by atoms with Gasteiger partial charge in [-0.2, -0.15) is 0 Å². The Morgan fingerprint density at radius 3 is 2.00 bits per heavy atom. The van der Waals surface area contributed by atoms with Crippen molar-refractivity contribution in [2.75, 3.05) is 33.3 Å². The fraction of sp³-hybridized carbons (Fsp3) is 0.286. The lowest BCUT2D eigenvalue weighted by atomic mass is 10.1. The number of benzene rings is 2. The second-order valence-electron chi connectivity index (χ2n) is 6.50. The SMILES string of the molecule is COc1ccc(C(=O)N2CCN(Cc3ccccc3F)CC2)cc1.O=C(O)C(=O)O. The lowest BCUT2D eigenvalue weighted by Crippen LogP contribution is -2.48. The molecule has 0 saturated carbocycles. The maximum atomic E-state index is 13.7. The highest BCUT2D eigenvalue weighted by molar-refractivity contribution is 6.27. The van der Waals surface area contributed by atoms with E-state index in [1.165, 1.54) is 6.07 Å². The average Bonchev–Trinajstić information content (AvgIpc) is 2.76. The number of carbonyl (C=O) groups is 3. The third kappa shape index (κ3) is 6.56. The molecular formula is C21H23FN2O6. The minimum absolute atomic E-state index is 0.0307. The van der Waals surface area contributed by atoms with Gasteiger partial charge in [-0.15, -0.1) is 0 Å². The monoisotopic (exact) mass is 418 g/mol. The molecule has 0 aromatic heterocycles. The van der Waals surface area contributed by atoms with Crippen molar-refractivity contribution in [1.82, 2.24) is 9.80 Å². The lowest BCUT2D eigenvalue weighted by Gasteiger charge is -2.34. The molecule has 1 amide bonds. The molecule has 0 bridgehead atoms. The molecule has 30 heavy (non-hydrogen) atoms. The van der Waals surface area contributed by atoms with Crippen LogP contribution in [0.25, 0.3) is 0 Å². The van der Waals surface area contributed by atoms with Gasteiger partial charge in [-0.05, 0) is 30.3 Å². The highest BCUT2D eigenvalue weighted by Gasteiger charge is 2.22. The van der Waals surface area contributed by atoms with Crippen molar-refractivity contribution in [3.05, 3.63) is 65.5 Å². The average molecular weight is 418 g/mol. The van der Waals surface area contributed by atoms with Crippen LogP contribution in [0.15, 0.2) is 48.5 Å². The van der Waals surface area contributed by atoms with E-state index >= 15 is 0 Å². The molecule has 2 aromatic rings. The molecule has 0 atom stereocenters. The first-order valence-electron chi connectivity index (χ1n) is 9.17. The minimum atomic E-state index is -1.82. The standard InChI is InChI=1S/C19H21FN2O2.C2H2O4/c1-24-17-8-6-15(7-9-17)19(23)22-12-10-21(11-13-22)14-16-4-2-3-5-18(16)20;3-1(4)2(5)6/h2-9H,10-14H2,1H3;(H,3,4)(H,5,6). The van der Waals surface area contributed by atoms with Crippen LogP contribution in [0.5, 0.6) is 5.75 Å². The van der Waals surface area contributed by atoms with Gasteiger partial charge in [0.25, 0.3) is 5.91 Å². The molecule has 8 nitrogen and oxygen atoms in total. The van der Waals surface area contributed by atoms with Crippen LogP contribution in [0, 0.1) is 5.82 Å².